The van der Waals surface area contributed by atoms with Crippen molar-refractivity contribution in [1.82, 2.24) is 0 Å². The van der Waals surface area contributed by atoms with Crippen LogP contribution < -0.4 is 0 Å². The van der Waals surface area contributed by atoms with Gasteiger partial charge in [0.25, 0.3) is 0 Å². The third kappa shape index (κ3) is 60.0. The minimum absolute atomic E-state index is 0.0782. The van der Waals surface area contributed by atoms with E-state index in [2.05, 4.69) is 81.5 Å². The molecule has 0 spiro atoms. The van der Waals surface area contributed by atoms with Gasteiger partial charge in [-0.2, -0.15) is 0 Å². The van der Waals surface area contributed by atoms with Gasteiger partial charge in [-0.1, -0.05) is 268 Å². The van der Waals surface area contributed by atoms with E-state index in [-0.39, 0.29) is 31.1 Å². The van der Waals surface area contributed by atoms with Crippen molar-refractivity contribution in [2.75, 3.05) is 13.2 Å². The maximum Gasteiger partial charge on any atom is 0.306 e. The SMILES string of the molecule is CCCCC/C=C\CCCCCCCC(=O)OCC(COC(=O)CCCCCCCCCCCCCCCC/C=C\C/C=C\C/C=C\CCCCCCC)OC(=O)CCCCCCC/C=C\CCCCCCCC. The predicted octanol–water partition coefficient (Wildman–Crippen LogP) is 21.9. The Kier molecular flexibility index (Phi) is 60.2. The molecule has 0 aliphatic carbocycles. The standard InChI is InChI=1S/C68H122O6/c1-4-7-10-13-16-19-22-25-27-28-29-30-31-32-33-34-35-36-37-38-39-40-42-43-46-49-52-55-58-61-67(70)73-64-65(63-72-66(69)60-57-54-51-48-45-24-21-18-15-12-9-6-3)74-68(71)62-59-56-53-50-47-44-41-26-23-20-17-14-11-8-5-2/h18,21-22,25-26,28-29,31-32,41,65H,4-17,19-20,23-24,27,30,33-40,42-64H2,1-3H3/b21-18-,25-22-,29-28-,32-31-,41-26-. The predicted molar refractivity (Wildman–Crippen MR) is 321 cm³/mol. The van der Waals surface area contributed by atoms with E-state index in [1.807, 2.05) is 0 Å². The molecule has 0 amide bonds. The second kappa shape index (κ2) is 62.6. The van der Waals surface area contributed by atoms with E-state index in [0.29, 0.717) is 19.3 Å². The van der Waals surface area contributed by atoms with E-state index in [1.165, 1.54) is 205 Å². The molecule has 0 fully saturated rings. The molecule has 0 aromatic rings. The largest absolute Gasteiger partial charge is 0.462 e. The zero-order valence-corrected chi connectivity index (χ0v) is 49.4. The molecule has 0 N–H and O–H groups in total. The molecule has 0 aliphatic rings. The lowest BCUT2D eigenvalue weighted by Crippen LogP contribution is -2.30. The number of ether oxygens (including phenoxy) is 3. The smallest absolute Gasteiger partial charge is 0.306 e. The summed E-state index contributed by atoms with van der Waals surface area (Å²) >= 11 is 0. The van der Waals surface area contributed by atoms with Crippen LogP contribution in [-0.2, 0) is 28.6 Å². The lowest BCUT2D eigenvalue weighted by Gasteiger charge is -2.18. The summed E-state index contributed by atoms with van der Waals surface area (Å²) in [7, 11) is 0. The highest BCUT2D eigenvalue weighted by molar-refractivity contribution is 5.71. The Bertz CT molecular complexity index is 1330. The number of rotatable bonds is 59. The Morgan fingerprint density at radius 2 is 0.486 bits per heavy atom. The van der Waals surface area contributed by atoms with E-state index in [0.717, 1.165) is 89.9 Å². The monoisotopic (exact) mass is 1030 g/mol. The van der Waals surface area contributed by atoms with Crippen LogP contribution in [0.3, 0.4) is 0 Å². The van der Waals surface area contributed by atoms with Gasteiger partial charge in [0, 0.05) is 19.3 Å². The molecule has 0 heterocycles. The number of hydrogen-bond donors (Lipinski definition) is 0. The molecule has 1 unspecified atom stereocenters. The van der Waals surface area contributed by atoms with Crippen LogP contribution in [0.1, 0.15) is 335 Å². The van der Waals surface area contributed by atoms with Gasteiger partial charge in [0.2, 0.25) is 0 Å². The molecule has 6 heteroatoms. The van der Waals surface area contributed by atoms with Gasteiger partial charge in [0.15, 0.2) is 6.10 Å². The molecule has 430 valence electrons. The average molecular weight is 1040 g/mol. The van der Waals surface area contributed by atoms with Crippen LogP contribution in [0.25, 0.3) is 0 Å². The first-order chi connectivity index (χ1) is 36.5. The summed E-state index contributed by atoms with van der Waals surface area (Å²) in [5.41, 5.74) is 0. The van der Waals surface area contributed by atoms with Gasteiger partial charge in [-0.3, -0.25) is 14.4 Å². The molecule has 0 saturated heterocycles. The summed E-state index contributed by atoms with van der Waals surface area (Å²) in [6, 6.07) is 0. The van der Waals surface area contributed by atoms with Crippen molar-refractivity contribution in [3.63, 3.8) is 0 Å². The van der Waals surface area contributed by atoms with Gasteiger partial charge in [-0.05, 0) is 109 Å². The highest BCUT2D eigenvalue weighted by atomic mass is 16.6. The van der Waals surface area contributed by atoms with Crippen LogP contribution in [0, 0.1) is 0 Å². The number of carbonyl (C=O) groups is 3. The van der Waals surface area contributed by atoms with Crippen LogP contribution in [0.15, 0.2) is 60.8 Å². The first-order valence-electron chi connectivity index (χ1n) is 32.3. The average Bonchev–Trinajstić information content (AvgIpc) is 3.40. The highest BCUT2D eigenvalue weighted by Gasteiger charge is 2.19. The van der Waals surface area contributed by atoms with Gasteiger partial charge in [-0.15, -0.1) is 0 Å². The van der Waals surface area contributed by atoms with Crippen molar-refractivity contribution in [2.24, 2.45) is 0 Å². The normalized spacial score (nSPS) is 12.4. The van der Waals surface area contributed by atoms with Crippen LogP contribution in [0.4, 0.5) is 0 Å². The third-order valence-electron chi connectivity index (χ3n) is 14.2. The Labute approximate surface area is 460 Å². The second-order valence-electron chi connectivity index (χ2n) is 21.7. The fourth-order valence-corrected chi connectivity index (χ4v) is 9.32. The molecular formula is C68H122O6. The summed E-state index contributed by atoms with van der Waals surface area (Å²) < 4.78 is 16.9. The van der Waals surface area contributed by atoms with Crippen molar-refractivity contribution in [2.45, 2.75) is 341 Å². The molecule has 0 bridgehead atoms. The Morgan fingerprint density at radius 3 is 0.797 bits per heavy atom. The minimum Gasteiger partial charge on any atom is -0.462 e. The van der Waals surface area contributed by atoms with E-state index >= 15 is 0 Å². The van der Waals surface area contributed by atoms with Gasteiger partial charge in [0.05, 0.1) is 0 Å². The van der Waals surface area contributed by atoms with Crippen molar-refractivity contribution in [3.8, 4) is 0 Å². The molecule has 0 aliphatic heterocycles. The van der Waals surface area contributed by atoms with E-state index in [4.69, 9.17) is 14.2 Å². The zero-order valence-electron chi connectivity index (χ0n) is 49.4. The van der Waals surface area contributed by atoms with Crippen LogP contribution >= 0.6 is 0 Å². The Balaban J connectivity index is 4.19. The molecule has 0 saturated carbocycles. The number of carbonyl (C=O) groups excluding carboxylic acids is 3. The summed E-state index contributed by atoms with van der Waals surface area (Å²) in [6.07, 6.45) is 79.5. The lowest BCUT2D eigenvalue weighted by atomic mass is 10.0. The van der Waals surface area contributed by atoms with E-state index in [9.17, 15) is 14.4 Å². The van der Waals surface area contributed by atoms with Gasteiger partial charge < -0.3 is 14.2 Å². The first-order valence-corrected chi connectivity index (χ1v) is 32.3. The number of allylic oxidation sites excluding steroid dienone is 10. The van der Waals surface area contributed by atoms with Crippen molar-refractivity contribution < 1.29 is 28.6 Å². The second-order valence-corrected chi connectivity index (χ2v) is 21.7. The third-order valence-corrected chi connectivity index (χ3v) is 14.2. The quantitative estimate of drug-likeness (QED) is 0.0261. The molecule has 0 rings (SSSR count). The first kappa shape index (κ1) is 71.1. The van der Waals surface area contributed by atoms with E-state index < -0.39 is 6.10 Å². The highest BCUT2D eigenvalue weighted by Crippen LogP contribution is 2.16. The van der Waals surface area contributed by atoms with Crippen LogP contribution in [0.5, 0.6) is 0 Å². The van der Waals surface area contributed by atoms with Crippen LogP contribution in [-0.4, -0.2) is 37.2 Å². The lowest BCUT2D eigenvalue weighted by molar-refractivity contribution is -0.167. The van der Waals surface area contributed by atoms with E-state index in [1.54, 1.807) is 0 Å². The molecule has 0 aromatic heterocycles. The van der Waals surface area contributed by atoms with Gasteiger partial charge >= 0.3 is 17.9 Å². The number of hydrogen-bond acceptors (Lipinski definition) is 6. The Morgan fingerprint density at radius 1 is 0.270 bits per heavy atom. The molecule has 0 aromatic carbocycles. The molecule has 1 atom stereocenters. The van der Waals surface area contributed by atoms with Crippen molar-refractivity contribution >= 4 is 17.9 Å². The Hall–Kier alpha value is -2.89. The van der Waals surface area contributed by atoms with Gasteiger partial charge in [-0.25, -0.2) is 0 Å². The fraction of sp³-hybridized carbons (Fsp3) is 0.809. The summed E-state index contributed by atoms with van der Waals surface area (Å²) in [6.45, 7) is 6.62. The molecular weight excluding hydrogens is 913 g/mol. The topological polar surface area (TPSA) is 78.9 Å². The molecule has 74 heavy (non-hydrogen) atoms. The summed E-state index contributed by atoms with van der Waals surface area (Å²) in [4.78, 5) is 38.2. The van der Waals surface area contributed by atoms with Crippen molar-refractivity contribution in [1.29, 1.82) is 0 Å². The molecule has 0 radical (unpaired) electrons. The maximum absolute atomic E-state index is 12.9. The summed E-state index contributed by atoms with van der Waals surface area (Å²) in [5, 5.41) is 0. The molecule has 6 nitrogen and oxygen atoms in total. The van der Waals surface area contributed by atoms with Gasteiger partial charge in [0.1, 0.15) is 13.2 Å². The summed E-state index contributed by atoms with van der Waals surface area (Å²) in [5.74, 6) is -0.882. The van der Waals surface area contributed by atoms with Crippen LogP contribution in [0.2, 0.25) is 0 Å². The number of esters is 3. The minimum atomic E-state index is -0.781. The fourth-order valence-electron chi connectivity index (χ4n) is 9.32. The number of unbranched alkanes of at least 4 members (excludes halogenated alkanes) is 38. The van der Waals surface area contributed by atoms with Crippen molar-refractivity contribution in [3.05, 3.63) is 60.8 Å². The zero-order chi connectivity index (χ0) is 53.6. The maximum atomic E-state index is 12.9.